The van der Waals surface area contributed by atoms with Gasteiger partial charge in [-0.05, 0) is 13.0 Å². The largest absolute Gasteiger partial charge is 0.409 e. The number of amidine groups is 1. The molecule has 1 atom stereocenters. The molecule has 1 fully saturated rings. The van der Waals surface area contributed by atoms with E-state index < -0.39 is 11.6 Å². The van der Waals surface area contributed by atoms with Crippen LogP contribution < -0.4 is 5.73 Å². The summed E-state index contributed by atoms with van der Waals surface area (Å²) in [5.41, 5.74) is 6.09. The monoisotopic (exact) mass is 298 g/mol. The Hall–Kier alpha value is -1.73. The summed E-state index contributed by atoms with van der Waals surface area (Å²) >= 11 is 0. The molecule has 0 saturated carbocycles. The van der Waals surface area contributed by atoms with Crippen molar-refractivity contribution in [2.75, 3.05) is 26.2 Å². The molecule has 0 amide bonds. The first-order valence-corrected chi connectivity index (χ1v) is 6.89. The van der Waals surface area contributed by atoms with Gasteiger partial charge in [-0.2, -0.15) is 0 Å². The maximum Gasteiger partial charge on any atom is 0.156 e. The van der Waals surface area contributed by atoms with Crippen LogP contribution in [0.15, 0.2) is 23.4 Å². The minimum Gasteiger partial charge on any atom is -0.409 e. The van der Waals surface area contributed by atoms with Gasteiger partial charge in [0.05, 0.1) is 6.04 Å². The quantitative estimate of drug-likeness (QED) is 0.380. The smallest absolute Gasteiger partial charge is 0.156 e. The fourth-order valence-electron chi connectivity index (χ4n) is 2.47. The summed E-state index contributed by atoms with van der Waals surface area (Å²) in [6, 6.07) is 3.54. The average molecular weight is 298 g/mol. The molecular formula is C14H20F2N4O. The molecule has 1 aromatic rings. The van der Waals surface area contributed by atoms with E-state index in [2.05, 4.69) is 15.0 Å². The van der Waals surface area contributed by atoms with Crippen molar-refractivity contribution in [2.24, 2.45) is 10.9 Å². The van der Waals surface area contributed by atoms with E-state index in [0.717, 1.165) is 32.2 Å². The second-order valence-electron chi connectivity index (χ2n) is 5.25. The molecule has 0 aromatic heterocycles. The lowest BCUT2D eigenvalue weighted by atomic mass is 10.1. The van der Waals surface area contributed by atoms with Crippen molar-refractivity contribution in [1.82, 2.24) is 9.80 Å². The molecule has 0 bridgehead atoms. The maximum absolute atomic E-state index is 13.6. The summed E-state index contributed by atoms with van der Waals surface area (Å²) in [6.45, 7) is 5.34. The number of hydrogen-bond acceptors (Lipinski definition) is 4. The van der Waals surface area contributed by atoms with Gasteiger partial charge in [-0.3, -0.25) is 9.80 Å². The summed E-state index contributed by atoms with van der Waals surface area (Å²) in [6.07, 6.45) is 0. The first-order valence-electron chi connectivity index (χ1n) is 6.89. The van der Waals surface area contributed by atoms with E-state index in [1.54, 1.807) is 0 Å². The van der Waals surface area contributed by atoms with Crippen LogP contribution in [0.5, 0.6) is 0 Å². The van der Waals surface area contributed by atoms with E-state index in [4.69, 9.17) is 10.9 Å². The van der Waals surface area contributed by atoms with Gasteiger partial charge in [-0.25, -0.2) is 8.78 Å². The Kier molecular flexibility index (Phi) is 5.08. The lowest BCUT2D eigenvalue weighted by Gasteiger charge is -2.37. The molecule has 116 valence electrons. The first-order chi connectivity index (χ1) is 10.0. The molecule has 1 aromatic carbocycles. The minimum atomic E-state index is -0.561. The van der Waals surface area contributed by atoms with E-state index in [-0.39, 0.29) is 11.9 Å². The van der Waals surface area contributed by atoms with E-state index in [0.29, 0.717) is 12.1 Å². The van der Waals surface area contributed by atoms with Crippen molar-refractivity contribution in [3.8, 4) is 0 Å². The standard InChI is InChI=1S/C14H20F2N4O/c1-10(14(17)18-21)20-6-4-19(5-7-20)9-11-2-3-12(15)8-13(11)16/h2-3,8,10,21H,4-7,9H2,1H3,(H2,17,18). The van der Waals surface area contributed by atoms with Gasteiger partial charge in [0, 0.05) is 44.4 Å². The first kappa shape index (κ1) is 15.7. The Bertz CT molecular complexity index is 516. The molecule has 0 radical (unpaired) electrons. The predicted octanol–water partition coefficient (Wildman–Crippen LogP) is 1.22. The zero-order valence-electron chi connectivity index (χ0n) is 12.0. The van der Waals surface area contributed by atoms with Crippen LogP contribution in [-0.2, 0) is 6.54 Å². The van der Waals surface area contributed by atoms with Gasteiger partial charge in [0.1, 0.15) is 11.6 Å². The van der Waals surface area contributed by atoms with Gasteiger partial charge in [0.2, 0.25) is 0 Å². The van der Waals surface area contributed by atoms with Crippen molar-refractivity contribution in [3.05, 3.63) is 35.4 Å². The van der Waals surface area contributed by atoms with Crippen molar-refractivity contribution < 1.29 is 14.0 Å². The molecule has 2 rings (SSSR count). The third-order valence-corrected chi connectivity index (χ3v) is 3.91. The predicted molar refractivity (Wildman–Crippen MR) is 76.1 cm³/mol. The number of nitrogens with two attached hydrogens (primary N) is 1. The molecule has 21 heavy (non-hydrogen) atoms. The third-order valence-electron chi connectivity index (χ3n) is 3.91. The van der Waals surface area contributed by atoms with Crippen molar-refractivity contribution in [2.45, 2.75) is 19.5 Å². The Morgan fingerprint density at radius 2 is 2.00 bits per heavy atom. The van der Waals surface area contributed by atoms with Crippen LogP contribution >= 0.6 is 0 Å². The van der Waals surface area contributed by atoms with E-state index in [9.17, 15) is 8.78 Å². The fourth-order valence-corrected chi connectivity index (χ4v) is 2.47. The third kappa shape index (κ3) is 3.89. The Morgan fingerprint density at radius 1 is 1.33 bits per heavy atom. The normalized spacial score (nSPS) is 19.7. The topological polar surface area (TPSA) is 65.1 Å². The molecule has 1 saturated heterocycles. The van der Waals surface area contributed by atoms with Crippen LogP contribution in [0.2, 0.25) is 0 Å². The zero-order valence-corrected chi connectivity index (χ0v) is 12.0. The summed E-state index contributed by atoms with van der Waals surface area (Å²) < 4.78 is 26.5. The van der Waals surface area contributed by atoms with Gasteiger partial charge < -0.3 is 10.9 Å². The van der Waals surface area contributed by atoms with E-state index in [1.807, 2.05) is 6.92 Å². The number of benzene rings is 1. The Morgan fingerprint density at radius 3 is 2.57 bits per heavy atom. The average Bonchev–Trinajstić information content (AvgIpc) is 2.49. The molecule has 1 aliphatic rings. The zero-order chi connectivity index (χ0) is 15.4. The van der Waals surface area contributed by atoms with Crippen molar-refractivity contribution >= 4 is 5.84 Å². The summed E-state index contributed by atoms with van der Waals surface area (Å²) in [5.74, 6) is -0.885. The van der Waals surface area contributed by atoms with Gasteiger partial charge in [-0.1, -0.05) is 11.2 Å². The highest BCUT2D eigenvalue weighted by Gasteiger charge is 2.23. The summed E-state index contributed by atoms with van der Waals surface area (Å²) in [4.78, 5) is 4.21. The lowest BCUT2D eigenvalue weighted by molar-refractivity contribution is 0.115. The van der Waals surface area contributed by atoms with Crippen LogP contribution in [0.25, 0.3) is 0 Å². The second kappa shape index (κ2) is 6.82. The van der Waals surface area contributed by atoms with Crippen LogP contribution in [-0.4, -0.2) is 53.1 Å². The summed E-state index contributed by atoms with van der Waals surface area (Å²) in [5, 5.41) is 11.7. The Labute approximate surface area is 122 Å². The fraction of sp³-hybridized carbons (Fsp3) is 0.500. The highest BCUT2D eigenvalue weighted by Crippen LogP contribution is 2.14. The molecule has 0 aliphatic carbocycles. The van der Waals surface area contributed by atoms with E-state index >= 15 is 0 Å². The number of nitrogens with zero attached hydrogens (tertiary/aromatic N) is 3. The molecular weight excluding hydrogens is 278 g/mol. The minimum absolute atomic E-state index is 0.125. The van der Waals surface area contributed by atoms with Crippen LogP contribution in [0.1, 0.15) is 12.5 Å². The van der Waals surface area contributed by atoms with Gasteiger partial charge >= 0.3 is 0 Å². The van der Waals surface area contributed by atoms with Crippen molar-refractivity contribution in [3.63, 3.8) is 0 Å². The Balaban J connectivity index is 1.89. The summed E-state index contributed by atoms with van der Waals surface area (Å²) in [7, 11) is 0. The highest BCUT2D eigenvalue weighted by molar-refractivity contribution is 5.84. The lowest BCUT2D eigenvalue weighted by Crippen LogP contribution is -2.52. The SMILES string of the molecule is CC(C(N)=NO)N1CCN(Cc2ccc(F)cc2F)CC1. The van der Waals surface area contributed by atoms with Gasteiger partial charge in [0.15, 0.2) is 5.84 Å². The molecule has 1 unspecified atom stereocenters. The number of rotatable bonds is 4. The van der Waals surface area contributed by atoms with Crippen LogP contribution in [0, 0.1) is 11.6 Å². The molecule has 1 aliphatic heterocycles. The maximum atomic E-state index is 13.6. The van der Waals surface area contributed by atoms with Gasteiger partial charge in [-0.15, -0.1) is 0 Å². The molecule has 1 heterocycles. The molecule has 0 spiro atoms. The molecule has 3 N–H and O–H groups in total. The van der Waals surface area contributed by atoms with Crippen LogP contribution in [0.3, 0.4) is 0 Å². The second-order valence-corrected chi connectivity index (χ2v) is 5.25. The van der Waals surface area contributed by atoms with Crippen LogP contribution in [0.4, 0.5) is 8.78 Å². The molecule has 5 nitrogen and oxygen atoms in total. The molecule has 7 heteroatoms. The number of halogens is 2. The number of oxime groups is 1. The van der Waals surface area contributed by atoms with Gasteiger partial charge in [0.25, 0.3) is 0 Å². The number of hydrogen-bond donors (Lipinski definition) is 2. The van der Waals surface area contributed by atoms with Crippen molar-refractivity contribution in [1.29, 1.82) is 0 Å². The number of piperazine rings is 1. The highest BCUT2D eigenvalue weighted by atomic mass is 19.1. The van der Waals surface area contributed by atoms with E-state index in [1.165, 1.54) is 12.1 Å².